The van der Waals surface area contributed by atoms with Crippen molar-refractivity contribution in [1.82, 2.24) is 0 Å². The van der Waals surface area contributed by atoms with Crippen LogP contribution in [0.25, 0.3) is 6.08 Å². The van der Waals surface area contributed by atoms with Crippen molar-refractivity contribution < 1.29 is 109 Å². The van der Waals surface area contributed by atoms with E-state index in [4.69, 9.17) is 79.9 Å². The zero-order chi connectivity index (χ0) is 77.6. The molecule has 7 aromatic carbocycles. The molecular weight excluding hydrogens is 1400 g/mol. The molecule has 0 atom stereocenters. The van der Waals surface area contributed by atoms with Crippen molar-refractivity contribution in [3.05, 3.63) is 237 Å². The Bertz CT molecular complexity index is 3990. The second-order valence-corrected chi connectivity index (χ2v) is 25.6. The molecule has 4 heterocycles. The summed E-state index contributed by atoms with van der Waals surface area (Å²) in [7, 11) is -1.37. The van der Waals surface area contributed by atoms with E-state index in [2.05, 4.69) is 26.3 Å². The van der Waals surface area contributed by atoms with Gasteiger partial charge in [-0.15, -0.1) is 0 Å². The number of carbonyl (C=O) groups is 6. The quantitative estimate of drug-likeness (QED) is 0.00947. The molecule has 4 saturated heterocycles. The van der Waals surface area contributed by atoms with Crippen LogP contribution in [0.3, 0.4) is 0 Å². The zero-order valence-corrected chi connectivity index (χ0v) is 62.1. The topological polar surface area (TPSA) is 259 Å². The van der Waals surface area contributed by atoms with Crippen LogP contribution >= 0.6 is 0 Å². The first-order chi connectivity index (χ1) is 52.8. The number of rotatable bonds is 32. The maximum Gasteiger partial charge on any atom is 0.494 e. The number of hydrogen-bond acceptors (Lipinski definition) is 23. The van der Waals surface area contributed by atoms with Crippen molar-refractivity contribution in [2.24, 2.45) is 0 Å². The van der Waals surface area contributed by atoms with Gasteiger partial charge < -0.3 is 79.9 Å². The summed E-state index contributed by atoms with van der Waals surface area (Å²) in [5.74, 6) is 0.628. The van der Waals surface area contributed by atoms with Crippen LogP contribution in [-0.2, 0) is 65.8 Å². The predicted octanol–water partition coefficient (Wildman–Crippen LogP) is 11.0. The molecular formula is C82H92B4O23. The molecule has 109 heavy (non-hydrogen) atoms. The van der Waals surface area contributed by atoms with E-state index < -0.39 is 54.1 Å². The lowest BCUT2D eigenvalue weighted by molar-refractivity contribution is -0.138. The van der Waals surface area contributed by atoms with Crippen LogP contribution in [0.15, 0.2) is 214 Å². The Balaban J connectivity index is 0.000000189. The number of ether oxygens (including phenoxy) is 9. The SMILES string of the molecule is C=CC(=O)OCCCCOc1ccc(C(=O)Oc2ccc(B3OC(C)(C)C(C)(C)O3)cc2)cc1.C=CC(=O)OCCCCOc1ccc(C(=O)Oc2ccc(B3OCCCO3)cc2)cc1.C=CC(=O)OCCCCOc1ccc(C(=O)Oc2ccc(B3OCCO3)cc2)cc1.C=Cc1ccc(B2OCCCO2)cc1. The van der Waals surface area contributed by atoms with E-state index in [1.807, 2.05) is 94.4 Å². The van der Waals surface area contributed by atoms with Crippen LogP contribution in [0.5, 0.6) is 34.5 Å². The molecule has 0 spiro atoms. The van der Waals surface area contributed by atoms with Gasteiger partial charge in [-0.3, -0.25) is 0 Å². The minimum atomic E-state index is -0.468. The molecule has 570 valence electrons. The van der Waals surface area contributed by atoms with E-state index in [0.717, 1.165) is 91.0 Å². The fourth-order valence-corrected chi connectivity index (χ4v) is 10.2. The van der Waals surface area contributed by atoms with Crippen LogP contribution in [-0.4, -0.2) is 155 Å². The predicted molar refractivity (Wildman–Crippen MR) is 415 cm³/mol. The first kappa shape index (κ1) is 84.3. The van der Waals surface area contributed by atoms with Crippen molar-refractivity contribution in [3.63, 3.8) is 0 Å². The summed E-state index contributed by atoms with van der Waals surface area (Å²) in [4.78, 5) is 70.0. The third-order valence-corrected chi connectivity index (χ3v) is 17.0. The van der Waals surface area contributed by atoms with Gasteiger partial charge in [-0.2, -0.15) is 0 Å². The summed E-state index contributed by atoms with van der Waals surface area (Å²) in [6, 6.07) is 49.6. The highest BCUT2D eigenvalue weighted by Gasteiger charge is 2.51. The average molecular weight is 1490 g/mol. The lowest BCUT2D eigenvalue weighted by Crippen LogP contribution is -2.41. The summed E-state index contributed by atoms with van der Waals surface area (Å²) in [6.45, 7) is 28.2. The Morgan fingerprint density at radius 2 is 0.578 bits per heavy atom. The largest absolute Gasteiger partial charge is 0.494 e. The Kier molecular flexibility index (Phi) is 34.7. The number of esters is 6. The van der Waals surface area contributed by atoms with E-state index in [-0.39, 0.29) is 21.4 Å². The fraction of sp³-hybridized carbons (Fsp3) is 0.317. The highest BCUT2D eigenvalue weighted by atomic mass is 16.7. The van der Waals surface area contributed by atoms with Gasteiger partial charge in [-0.1, -0.05) is 93.1 Å². The molecule has 4 fully saturated rings. The van der Waals surface area contributed by atoms with E-state index in [9.17, 15) is 28.8 Å². The molecule has 7 aromatic rings. The van der Waals surface area contributed by atoms with E-state index >= 15 is 0 Å². The molecule has 0 aromatic heterocycles. The molecule has 0 N–H and O–H groups in total. The average Bonchev–Trinajstić information content (AvgIpc) is 1.63. The molecule has 0 amide bonds. The number of hydrogen-bond donors (Lipinski definition) is 0. The summed E-state index contributed by atoms with van der Waals surface area (Å²) in [5, 5.41) is 0. The van der Waals surface area contributed by atoms with Crippen LogP contribution in [0.1, 0.15) is 116 Å². The second kappa shape index (κ2) is 44.8. The van der Waals surface area contributed by atoms with Gasteiger partial charge in [0.1, 0.15) is 34.5 Å². The molecule has 0 bridgehead atoms. The minimum Gasteiger partial charge on any atom is -0.494 e. The smallest absolute Gasteiger partial charge is 0.494 e. The molecule has 27 heteroatoms. The number of carbonyl (C=O) groups excluding carboxylic acids is 6. The van der Waals surface area contributed by atoms with Gasteiger partial charge in [0, 0.05) is 44.7 Å². The molecule has 4 aliphatic heterocycles. The fourth-order valence-electron chi connectivity index (χ4n) is 10.2. The van der Waals surface area contributed by atoms with Crippen LogP contribution < -0.4 is 50.3 Å². The minimum absolute atomic E-state index is 0.178. The third kappa shape index (κ3) is 28.6. The van der Waals surface area contributed by atoms with Gasteiger partial charge in [0.05, 0.1) is 80.7 Å². The number of unbranched alkanes of at least 4 members (excludes halogenated alkanes) is 3. The van der Waals surface area contributed by atoms with Crippen molar-refractivity contribution in [2.75, 3.05) is 79.3 Å². The summed E-state index contributed by atoms with van der Waals surface area (Å²) in [5.41, 5.74) is 5.25. The van der Waals surface area contributed by atoms with Gasteiger partial charge in [0.15, 0.2) is 0 Å². The maximum atomic E-state index is 12.5. The maximum absolute atomic E-state index is 12.5. The van der Waals surface area contributed by atoms with E-state index in [1.54, 1.807) is 109 Å². The van der Waals surface area contributed by atoms with E-state index in [0.29, 0.717) is 137 Å². The highest BCUT2D eigenvalue weighted by molar-refractivity contribution is 6.63. The van der Waals surface area contributed by atoms with Gasteiger partial charge in [0.25, 0.3) is 0 Å². The Morgan fingerprint density at radius 3 is 0.853 bits per heavy atom. The van der Waals surface area contributed by atoms with Crippen LogP contribution in [0.2, 0.25) is 0 Å². The lowest BCUT2D eigenvalue weighted by Gasteiger charge is -2.32. The zero-order valence-electron chi connectivity index (χ0n) is 62.1. The third-order valence-electron chi connectivity index (χ3n) is 17.0. The van der Waals surface area contributed by atoms with Crippen molar-refractivity contribution in [3.8, 4) is 34.5 Å². The van der Waals surface area contributed by atoms with Gasteiger partial charge in [0.2, 0.25) is 0 Å². The van der Waals surface area contributed by atoms with Crippen molar-refractivity contribution >= 4 is 92.2 Å². The Hall–Kier alpha value is -10.3. The molecule has 0 saturated carbocycles. The van der Waals surface area contributed by atoms with Crippen molar-refractivity contribution in [2.45, 2.75) is 90.3 Å². The normalized spacial score (nSPS) is 14.5. The molecule has 0 unspecified atom stereocenters. The summed E-state index contributed by atoms with van der Waals surface area (Å²) < 4.78 is 93.0. The lowest BCUT2D eigenvalue weighted by atomic mass is 9.78. The van der Waals surface area contributed by atoms with Gasteiger partial charge in [-0.25, -0.2) is 28.8 Å². The molecule has 0 aliphatic carbocycles. The highest BCUT2D eigenvalue weighted by Crippen LogP contribution is 2.37. The van der Waals surface area contributed by atoms with Gasteiger partial charge >= 0.3 is 64.3 Å². The van der Waals surface area contributed by atoms with Crippen LogP contribution in [0.4, 0.5) is 0 Å². The molecule has 11 rings (SSSR count). The molecule has 4 aliphatic rings. The summed E-state index contributed by atoms with van der Waals surface area (Å²) >= 11 is 0. The first-order valence-electron chi connectivity index (χ1n) is 36.1. The van der Waals surface area contributed by atoms with Crippen LogP contribution in [0, 0.1) is 0 Å². The summed E-state index contributed by atoms with van der Waals surface area (Å²) in [6.07, 6.45) is 11.4. The van der Waals surface area contributed by atoms with Gasteiger partial charge in [-0.05, 0) is 216 Å². The van der Waals surface area contributed by atoms with E-state index in [1.165, 1.54) is 0 Å². The Morgan fingerprint density at radius 1 is 0.330 bits per heavy atom. The second-order valence-electron chi connectivity index (χ2n) is 25.6. The Labute approximate surface area is 638 Å². The number of benzene rings is 7. The monoisotopic (exact) mass is 1490 g/mol. The standard InChI is InChI=1S/C26H31BO7.C23H25BO7.C22H23BO7.C11H13BO2/c1-6-23(28)31-18-8-7-17-30-21-13-9-19(10-14-21)24(29)32-22-15-11-20(12-16-22)27-33-25(2,3)26(4,5)34-27;1-2-22(25)28-15-4-3-14-27-20-10-6-18(7-11-20)23(26)31-21-12-8-19(9-13-21)24-29-16-5-17-30-24;1-2-21(24)27-14-4-3-13-26-19-9-5-17(6-10-19)22(25)30-20-11-7-18(8-12-20)23-28-15-16-29-23;1-2-10-4-6-11(7-5-10)12-13-8-3-9-14-12/h6,9-16H,1,7-8,17-18H2,2-5H3;2,6-13H,1,3-5,14-17H2;2,5-12H,1,3-4,13-16H2;2,4-7H,1,3,8-9H2. The molecule has 23 nitrogen and oxygen atoms in total. The van der Waals surface area contributed by atoms with Crippen molar-refractivity contribution in [1.29, 1.82) is 0 Å². The first-order valence-corrected chi connectivity index (χ1v) is 36.1. The molecule has 0 radical (unpaired) electrons.